The number of carbonyl (C=O) groups excluding carboxylic acids is 1. The minimum absolute atomic E-state index is 0.0175. The smallest absolute Gasteiger partial charge is 0.214 e. The van der Waals surface area contributed by atoms with Crippen LogP contribution in [-0.2, 0) is 23.2 Å². The molecule has 0 radical (unpaired) electrons. The number of thioether (sulfide) groups is 1. The van der Waals surface area contributed by atoms with Gasteiger partial charge in [0.05, 0.1) is 12.8 Å². The van der Waals surface area contributed by atoms with Gasteiger partial charge in [0, 0.05) is 7.05 Å². The van der Waals surface area contributed by atoms with Crippen LogP contribution in [0.2, 0.25) is 0 Å². The Morgan fingerprint density at radius 1 is 1.77 bits per heavy atom. The van der Waals surface area contributed by atoms with E-state index in [2.05, 4.69) is 10.3 Å². The van der Waals surface area contributed by atoms with E-state index >= 15 is 0 Å². The van der Waals surface area contributed by atoms with E-state index in [1.54, 1.807) is 24.2 Å². The molecule has 0 bridgehead atoms. The molecule has 0 fully saturated rings. The maximum atomic E-state index is 10.8. The van der Waals surface area contributed by atoms with Gasteiger partial charge in [0.1, 0.15) is 12.3 Å². The zero-order valence-electron chi connectivity index (χ0n) is 7.56. The van der Waals surface area contributed by atoms with Gasteiger partial charge in [-0.05, 0) is 6.26 Å². The van der Waals surface area contributed by atoms with Crippen LogP contribution in [-0.4, -0.2) is 33.0 Å². The predicted octanol–water partition coefficient (Wildman–Crippen LogP) is 0.221. The summed E-state index contributed by atoms with van der Waals surface area (Å²) in [6, 6.07) is 0. The molecule has 0 unspecified atom stereocenters. The first-order valence-corrected chi connectivity index (χ1v) is 4.94. The van der Waals surface area contributed by atoms with Gasteiger partial charge in [-0.2, -0.15) is 0 Å². The molecule has 1 aromatic rings. The molecule has 13 heavy (non-hydrogen) atoms. The summed E-state index contributed by atoms with van der Waals surface area (Å²) in [6.45, 7) is 0.456. The molecular formula is C7H11N3O2S. The van der Waals surface area contributed by atoms with Crippen molar-refractivity contribution < 1.29 is 9.53 Å². The number of aryl methyl sites for hydroxylation is 1. The zero-order chi connectivity index (χ0) is 9.68. The van der Waals surface area contributed by atoms with Crippen molar-refractivity contribution in [3.05, 3.63) is 11.9 Å². The highest BCUT2D eigenvalue weighted by Crippen LogP contribution is 1.98. The number of hydrogen-bond acceptors (Lipinski definition) is 5. The van der Waals surface area contributed by atoms with Crippen molar-refractivity contribution in [1.29, 1.82) is 0 Å². The quantitative estimate of drug-likeness (QED) is 0.697. The topological polar surface area (TPSA) is 57.0 Å². The van der Waals surface area contributed by atoms with E-state index in [9.17, 15) is 4.79 Å². The van der Waals surface area contributed by atoms with Crippen LogP contribution in [0.15, 0.2) is 6.20 Å². The van der Waals surface area contributed by atoms with Crippen molar-refractivity contribution in [2.75, 3.05) is 12.9 Å². The Morgan fingerprint density at radius 3 is 3.08 bits per heavy atom. The van der Waals surface area contributed by atoms with Gasteiger partial charge < -0.3 is 4.74 Å². The molecule has 6 heteroatoms. The maximum absolute atomic E-state index is 10.8. The van der Waals surface area contributed by atoms with Crippen molar-refractivity contribution in [2.24, 2.45) is 7.05 Å². The first-order valence-electron chi connectivity index (χ1n) is 3.72. The van der Waals surface area contributed by atoms with Gasteiger partial charge in [0.25, 0.3) is 0 Å². The third kappa shape index (κ3) is 3.56. The third-order valence-electron chi connectivity index (χ3n) is 1.35. The Labute approximate surface area is 80.4 Å². The van der Waals surface area contributed by atoms with Crippen molar-refractivity contribution in [2.45, 2.75) is 6.61 Å². The Balaban J connectivity index is 2.24. The van der Waals surface area contributed by atoms with Gasteiger partial charge in [0.15, 0.2) is 0 Å². The molecule has 0 atom stereocenters. The Bertz CT molecular complexity index is 287. The van der Waals surface area contributed by atoms with Gasteiger partial charge in [-0.1, -0.05) is 17.0 Å². The second kappa shape index (κ2) is 4.98. The van der Waals surface area contributed by atoms with Crippen LogP contribution in [0, 0.1) is 0 Å². The number of carbonyl (C=O) groups is 1. The van der Waals surface area contributed by atoms with E-state index in [4.69, 9.17) is 4.74 Å². The lowest BCUT2D eigenvalue weighted by Crippen LogP contribution is -2.04. The number of hydrogen-bond donors (Lipinski definition) is 0. The molecule has 0 aromatic carbocycles. The van der Waals surface area contributed by atoms with E-state index in [-0.39, 0.29) is 11.7 Å². The summed E-state index contributed by atoms with van der Waals surface area (Å²) in [7, 11) is 1.78. The van der Waals surface area contributed by atoms with Crippen LogP contribution in [0.3, 0.4) is 0 Å². The standard InChI is InChI=1S/C7H11N3O2S/c1-10-3-6(8-9-10)4-12-5-7(11)13-2/h3H,4-5H2,1-2H3. The van der Waals surface area contributed by atoms with Crippen molar-refractivity contribution in [3.63, 3.8) is 0 Å². The summed E-state index contributed by atoms with van der Waals surface area (Å²) >= 11 is 1.16. The lowest BCUT2D eigenvalue weighted by atomic mass is 10.5. The van der Waals surface area contributed by atoms with E-state index in [1.807, 2.05) is 0 Å². The van der Waals surface area contributed by atoms with E-state index in [0.29, 0.717) is 6.61 Å². The van der Waals surface area contributed by atoms with E-state index in [0.717, 1.165) is 17.5 Å². The van der Waals surface area contributed by atoms with Crippen molar-refractivity contribution in [1.82, 2.24) is 15.0 Å². The second-order valence-electron chi connectivity index (χ2n) is 2.45. The predicted molar refractivity (Wildman–Crippen MR) is 49.2 cm³/mol. The van der Waals surface area contributed by atoms with Crippen LogP contribution in [0.4, 0.5) is 0 Å². The van der Waals surface area contributed by atoms with Gasteiger partial charge in [0.2, 0.25) is 5.12 Å². The molecule has 0 N–H and O–H groups in total. The van der Waals surface area contributed by atoms with Crippen molar-refractivity contribution in [3.8, 4) is 0 Å². The van der Waals surface area contributed by atoms with E-state index < -0.39 is 0 Å². The molecular weight excluding hydrogens is 190 g/mol. The molecule has 0 aliphatic rings. The average molecular weight is 201 g/mol. The number of rotatable bonds is 4. The van der Waals surface area contributed by atoms with Gasteiger partial charge in [-0.3, -0.25) is 9.48 Å². The lowest BCUT2D eigenvalue weighted by molar-refractivity contribution is -0.115. The molecule has 1 aromatic heterocycles. The van der Waals surface area contributed by atoms with Crippen LogP contribution < -0.4 is 0 Å². The molecule has 1 rings (SSSR count). The minimum Gasteiger partial charge on any atom is -0.366 e. The fourth-order valence-electron chi connectivity index (χ4n) is 0.759. The summed E-state index contributed by atoms with van der Waals surface area (Å²) in [5.74, 6) is 0. The largest absolute Gasteiger partial charge is 0.366 e. The maximum Gasteiger partial charge on any atom is 0.214 e. The third-order valence-corrected chi connectivity index (χ3v) is 1.92. The van der Waals surface area contributed by atoms with Crippen molar-refractivity contribution >= 4 is 16.9 Å². The van der Waals surface area contributed by atoms with Crippen LogP contribution >= 0.6 is 11.8 Å². The molecule has 0 saturated carbocycles. The van der Waals surface area contributed by atoms with Crippen LogP contribution in [0.5, 0.6) is 0 Å². The highest BCUT2D eigenvalue weighted by atomic mass is 32.2. The first-order chi connectivity index (χ1) is 6.22. The average Bonchev–Trinajstić information content (AvgIpc) is 2.51. The highest BCUT2D eigenvalue weighted by molar-refractivity contribution is 8.13. The Morgan fingerprint density at radius 2 is 2.54 bits per heavy atom. The normalized spacial score (nSPS) is 10.3. The first kappa shape index (κ1) is 10.2. The number of aromatic nitrogens is 3. The molecule has 0 spiro atoms. The number of nitrogens with zero attached hydrogens (tertiary/aromatic N) is 3. The van der Waals surface area contributed by atoms with Crippen LogP contribution in [0.25, 0.3) is 0 Å². The SMILES string of the molecule is CSC(=O)COCc1cn(C)nn1. The summed E-state index contributed by atoms with van der Waals surface area (Å²) < 4.78 is 6.69. The number of ether oxygens (including phenoxy) is 1. The molecule has 0 aliphatic carbocycles. The summed E-state index contributed by atoms with van der Waals surface area (Å²) in [6.07, 6.45) is 3.48. The molecule has 0 aliphatic heterocycles. The molecule has 72 valence electrons. The summed E-state index contributed by atoms with van der Waals surface area (Å²) in [5, 5.41) is 7.56. The highest BCUT2D eigenvalue weighted by Gasteiger charge is 2.01. The van der Waals surface area contributed by atoms with Crippen LogP contribution in [0.1, 0.15) is 5.69 Å². The fourth-order valence-corrected chi connectivity index (χ4v) is 0.960. The minimum atomic E-state index is 0.0175. The summed E-state index contributed by atoms with van der Waals surface area (Å²) in [4.78, 5) is 10.8. The lowest BCUT2D eigenvalue weighted by Gasteiger charge is -1.97. The zero-order valence-corrected chi connectivity index (χ0v) is 8.37. The Hall–Kier alpha value is -0.880. The molecule has 0 amide bonds. The van der Waals surface area contributed by atoms with Gasteiger partial charge >= 0.3 is 0 Å². The molecule has 1 heterocycles. The Kier molecular flexibility index (Phi) is 3.91. The monoisotopic (exact) mass is 201 g/mol. The second-order valence-corrected chi connectivity index (χ2v) is 3.32. The van der Waals surface area contributed by atoms with E-state index in [1.165, 1.54) is 0 Å². The van der Waals surface area contributed by atoms with Gasteiger partial charge in [-0.15, -0.1) is 5.10 Å². The molecule has 5 nitrogen and oxygen atoms in total. The summed E-state index contributed by atoms with van der Waals surface area (Å²) in [5.41, 5.74) is 0.733. The fraction of sp³-hybridized carbons (Fsp3) is 0.571. The molecule has 0 saturated heterocycles. The van der Waals surface area contributed by atoms with Gasteiger partial charge in [-0.25, -0.2) is 0 Å².